The van der Waals surface area contributed by atoms with Crippen molar-refractivity contribution in [2.75, 3.05) is 39.9 Å². The van der Waals surface area contributed by atoms with Gasteiger partial charge in [0.2, 0.25) is 0 Å². The zero-order chi connectivity index (χ0) is 20.7. The van der Waals surface area contributed by atoms with Gasteiger partial charge in [-0.05, 0) is 18.2 Å². The number of esters is 1. The Bertz CT molecular complexity index is 904. The van der Waals surface area contributed by atoms with Gasteiger partial charge in [0.25, 0.3) is 0 Å². The summed E-state index contributed by atoms with van der Waals surface area (Å²) in [5, 5.41) is 10.1. The summed E-state index contributed by atoms with van der Waals surface area (Å²) in [6.45, 7) is 4.90. The quantitative estimate of drug-likeness (QED) is 0.706. The molecule has 8 heteroatoms. The molecule has 2 bridgehead atoms. The van der Waals surface area contributed by atoms with E-state index in [1.807, 2.05) is 18.2 Å². The predicted octanol–water partition coefficient (Wildman–Crippen LogP) is 1.15. The van der Waals surface area contributed by atoms with E-state index in [2.05, 4.69) is 14.8 Å². The van der Waals surface area contributed by atoms with Gasteiger partial charge < -0.3 is 19.0 Å². The molecule has 30 heavy (non-hydrogen) atoms. The minimum atomic E-state index is -0.427. The lowest BCUT2D eigenvalue weighted by molar-refractivity contribution is -0.120. The summed E-state index contributed by atoms with van der Waals surface area (Å²) in [5.41, 5.74) is 2.03. The predicted molar refractivity (Wildman–Crippen MR) is 107 cm³/mol. The van der Waals surface area contributed by atoms with E-state index in [9.17, 15) is 9.90 Å². The van der Waals surface area contributed by atoms with Gasteiger partial charge in [0, 0.05) is 63.3 Å². The first-order valence-electron chi connectivity index (χ1n) is 10.4. The number of pyridine rings is 1. The van der Waals surface area contributed by atoms with Crippen LogP contribution >= 0.6 is 0 Å². The van der Waals surface area contributed by atoms with E-state index in [1.54, 1.807) is 18.6 Å². The summed E-state index contributed by atoms with van der Waals surface area (Å²) in [4.78, 5) is 21.0. The molecule has 0 amide bonds. The fourth-order valence-corrected chi connectivity index (χ4v) is 5.52. The third kappa shape index (κ3) is 3.43. The molecule has 5 heterocycles. The molecular weight excluding hydrogens is 386 g/mol. The summed E-state index contributed by atoms with van der Waals surface area (Å²) < 4.78 is 16.6. The van der Waals surface area contributed by atoms with E-state index in [0.29, 0.717) is 18.2 Å². The second-order valence-corrected chi connectivity index (χ2v) is 8.65. The number of hydrogen-bond donors (Lipinski definition) is 1. The highest BCUT2D eigenvalue weighted by atomic mass is 16.5. The van der Waals surface area contributed by atoms with E-state index < -0.39 is 5.97 Å². The summed E-state index contributed by atoms with van der Waals surface area (Å²) in [6.07, 6.45) is 3.51. The lowest BCUT2D eigenvalue weighted by Crippen LogP contribution is -2.53. The summed E-state index contributed by atoms with van der Waals surface area (Å²) in [5.74, 6) is 0.0149. The average molecular weight is 413 g/mol. The molecule has 1 N–H and O–H groups in total. The molecule has 4 atom stereocenters. The maximum atomic E-state index is 11.8. The second kappa shape index (κ2) is 7.77. The summed E-state index contributed by atoms with van der Waals surface area (Å²) in [7, 11) is 1.36. The highest BCUT2D eigenvalue weighted by molar-refractivity contribution is 5.87. The molecule has 8 nitrogen and oxygen atoms in total. The van der Waals surface area contributed by atoms with Crippen LogP contribution in [-0.4, -0.2) is 77.5 Å². The number of rotatable bonds is 6. The summed E-state index contributed by atoms with van der Waals surface area (Å²) in [6, 6.07) is 7.43. The van der Waals surface area contributed by atoms with Crippen molar-refractivity contribution in [3.05, 3.63) is 53.7 Å². The number of furan rings is 1. The van der Waals surface area contributed by atoms with Crippen LogP contribution in [0.4, 0.5) is 0 Å². The first kappa shape index (κ1) is 19.7. The number of morpholine rings is 1. The number of carbonyl (C=O) groups is 1. The lowest BCUT2D eigenvalue weighted by atomic mass is 9.83. The normalized spacial score (nSPS) is 31.1. The fraction of sp³-hybridized carbons (Fsp3) is 0.545. The maximum Gasteiger partial charge on any atom is 0.356 e. The van der Waals surface area contributed by atoms with Gasteiger partial charge in [0.15, 0.2) is 0 Å². The molecule has 2 aromatic heterocycles. The molecular formula is C22H27N3O5. The third-order valence-corrected chi connectivity index (χ3v) is 6.72. The number of fused-ring (bicyclic) bond motifs is 1. The smallest absolute Gasteiger partial charge is 0.356 e. The van der Waals surface area contributed by atoms with Gasteiger partial charge in [-0.2, -0.15) is 0 Å². The SMILES string of the molecule is COC(=O)c1cccc(CN2C[C@H]3O[C@@]4(CN(Cc5ccoc5)C[C@@H]4[C@@H]3CO)C2)n1. The maximum absolute atomic E-state index is 11.8. The van der Waals surface area contributed by atoms with Crippen LogP contribution in [-0.2, 0) is 22.6 Å². The van der Waals surface area contributed by atoms with Crippen LogP contribution in [0, 0.1) is 11.8 Å². The van der Waals surface area contributed by atoms with Crippen molar-refractivity contribution in [2.45, 2.75) is 24.8 Å². The van der Waals surface area contributed by atoms with Gasteiger partial charge in [0.1, 0.15) is 5.69 Å². The minimum Gasteiger partial charge on any atom is -0.472 e. The summed E-state index contributed by atoms with van der Waals surface area (Å²) >= 11 is 0. The molecule has 3 aliphatic heterocycles. The fourth-order valence-electron chi connectivity index (χ4n) is 5.52. The standard InChI is InChI=1S/C22H27N3O5/c1-28-21(27)19-4-2-3-16(23-19)8-25-10-20-17(11-26)18-9-24(7-15-5-6-29-12-15)13-22(18,14-25)30-20/h2-6,12,17-18,20,26H,7-11,13-14H2,1H3/t17-,18+,20+,22-/m0/s1. The van der Waals surface area contributed by atoms with Crippen LogP contribution in [0.25, 0.3) is 0 Å². The van der Waals surface area contributed by atoms with E-state index in [-0.39, 0.29) is 24.2 Å². The Morgan fingerprint density at radius 1 is 1.27 bits per heavy atom. The largest absolute Gasteiger partial charge is 0.472 e. The average Bonchev–Trinajstić information content (AvgIpc) is 3.41. The van der Waals surface area contributed by atoms with Crippen LogP contribution in [0.3, 0.4) is 0 Å². The van der Waals surface area contributed by atoms with Crippen molar-refractivity contribution in [3.8, 4) is 0 Å². The van der Waals surface area contributed by atoms with E-state index >= 15 is 0 Å². The number of carbonyl (C=O) groups excluding carboxylic acids is 1. The number of nitrogens with zero attached hydrogens (tertiary/aromatic N) is 3. The van der Waals surface area contributed by atoms with Crippen molar-refractivity contribution < 1.29 is 23.8 Å². The second-order valence-electron chi connectivity index (χ2n) is 8.65. The molecule has 0 unspecified atom stereocenters. The number of likely N-dealkylation sites (tertiary alicyclic amines) is 2. The number of methoxy groups -OCH3 is 1. The van der Waals surface area contributed by atoms with Crippen molar-refractivity contribution in [1.29, 1.82) is 0 Å². The molecule has 3 saturated heterocycles. The number of aliphatic hydroxyl groups excluding tert-OH is 1. The molecule has 3 aliphatic rings. The Morgan fingerprint density at radius 2 is 2.10 bits per heavy atom. The van der Waals surface area contributed by atoms with Crippen LogP contribution in [0.2, 0.25) is 0 Å². The van der Waals surface area contributed by atoms with Crippen LogP contribution < -0.4 is 0 Å². The van der Waals surface area contributed by atoms with E-state index in [4.69, 9.17) is 13.9 Å². The van der Waals surface area contributed by atoms with Crippen LogP contribution in [0.1, 0.15) is 21.7 Å². The lowest BCUT2D eigenvalue weighted by Gasteiger charge is -2.40. The zero-order valence-electron chi connectivity index (χ0n) is 17.1. The first-order valence-corrected chi connectivity index (χ1v) is 10.4. The monoisotopic (exact) mass is 413 g/mol. The van der Waals surface area contributed by atoms with Gasteiger partial charge in [-0.3, -0.25) is 9.80 Å². The topological polar surface area (TPSA) is 88.3 Å². The Kier molecular flexibility index (Phi) is 5.10. The highest BCUT2D eigenvalue weighted by Crippen LogP contribution is 2.49. The third-order valence-electron chi connectivity index (χ3n) is 6.72. The Labute approximate surface area is 175 Å². The molecule has 0 radical (unpaired) electrons. The number of aliphatic hydroxyl groups is 1. The molecule has 5 rings (SSSR count). The van der Waals surface area contributed by atoms with E-state index in [0.717, 1.165) is 44.0 Å². The zero-order valence-corrected chi connectivity index (χ0v) is 17.1. The van der Waals surface area contributed by atoms with Crippen LogP contribution in [0.15, 0.2) is 41.2 Å². The van der Waals surface area contributed by atoms with Crippen LogP contribution in [0.5, 0.6) is 0 Å². The Hall–Kier alpha value is -2.26. The Balaban J connectivity index is 1.33. The van der Waals surface area contributed by atoms with Gasteiger partial charge in [-0.25, -0.2) is 9.78 Å². The van der Waals surface area contributed by atoms with Crippen molar-refractivity contribution >= 4 is 5.97 Å². The molecule has 1 spiro atoms. The van der Waals surface area contributed by atoms with Gasteiger partial charge in [-0.15, -0.1) is 0 Å². The molecule has 3 fully saturated rings. The number of ether oxygens (including phenoxy) is 2. The van der Waals surface area contributed by atoms with Gasteiger partial charge in [-0.1, -0.05) is 6.07 Å². The molecule has 2 aromatic rings. The number of hydrogen-bond acceptors (Lipinski definition) is 8. The minimum absolute atomic E-state index is 0.0219. The Morgan fingerprint density at radius 3 is 2.83 bits per heavy atom. The molecule has 0 aromatic carbocycles. The molecule has 0 saturated carbocycles. The van der Waals surface area contributed by atoms with E-state index in [1.165, 1.54) is 7.11 Å². The van der Waals surface area contributed by atoms with Gasteiger partial charge >= 0.3 is 5.97 Å². The van der Waals surface area contributed by atoms with Gasteiger partial charge in [0.05, 0.1) is 37.0 Å². The number of aromatic nitrogens is 1. The van der Waals surface area contributed by atoms with Crippen molar-refractivity contribution in [2.24, 2.45) is 11.8 Å². The van der Waals surface area contributed by atoms with Crippen molar-refractivity contribution in [3.63, 3.8) is 0 Å². The first-order chi connectivity index (χ1) is 14.6. The molecule has 0 aliphatic carbocycles. The molecule has 160 valence electrons. The highest BCUT2D eigenvalue weighted by Gasteiger charge is 2.61. The van der Waals surface area contributed by atoms with Crippen molar-refractivity contribution in [1.82, 2.24) is 14.8 Å².